The number of halogens is 2. The molecule has 2 aromatic heterocycles. The lowest BCUT2D eigenvalue weighted by atomic mass is 10.0. The maximum absolute atomic E-state index is 14.7. The van der Waals surface area contributed by atoms with Gasteiger partial charge < -0.3 is 15.0 Å². The fraction of sp³-hybridized carbons (Fsp3) is 0.387. The summed E-state index contributed by atoms with van der Waals surface area (Å²) in [6.07, 6.45) is 5.76. The van der Waals surface area contributed by atoms with Crippen LogP contribution in [0.5, 0.6) is 5.75 Å². The lowest BCUT2D eigenvalue weighted by Crippen LogP contribution is -2.49. The van der Waals surface area contributed by atoms with Gasteiger partial charge in [0.15, 0.2) is 17.5 Å². The van der Waals surface area contributed by atoms with E-state index in [9.17, 15) is 8.78 Å². The molecule has 226 valence electrons. The van der Waals surface area contributed by atoms with E-state index in [1.165, 1.54) is 17.5 Å². The zero-order valence-electron chi connectivity index (χ0n) is 24.8. The van der Waals surface area contributed by atoms with Crippen LogP contribution in [0, 0.1) is 11.6 Å². The summed E-state index contributed by atoms with van der Waals surface area (Å²) < 4.78 is 36.3. The van der Waals surface area contributed by atoms with Gasteiger partial charge in [0.1, 0.15) is 17.9 Å². The number of nitrogens with one attached hydrogen (secondary N) is 1. The molecule has 0 spiro atoms. The van der Waals surface area contributed by atoms with Crippen LogP contribution in [0.1, 0.15) is 31.9 Å². The molecule has 6 rings (SSSR count). The number of hydrogen-bond donors (Lipinski definition) is 1. The van der Waals surface area contributed by atoms with E-state index < -0.39 is 17.7 Å². The Bertz CT molecular complexity index is 1590. The Balaban J connectivity index is 1.32. The summed E-state index contributed by atoms with van der Waals surface area (Å²) in [5.41, 5.74) is 4.02. The molecule has 1 N–H and O–H groups in total. The van der Waals surface area contributed by atoms with Crippen molar-refractivity contribution >= 4 is 23.0 Å². The molecule has 4 aromatic rings. The average molecular weight is 591 g/mol. The molecular formula is C31H36F2N8O2. The monoisotopic (exact) mass is 590 g/mol. The number of nitrogens with zero attached hydrogens (tertiary/aromatic N) is 7. The fourth-order valence-electron chi connectivity index (χ4n) is 5.80. The van der Waals surface area contributed by atoms with Crippen LogP contribution in [0.4, 0.5) is 31.8 Å². The zero-order valence-corrected chi connectivity index (χ0v) is 24.8. The minimum atomic E-state index is -0.892. The van der Waals surface area contributed by atoms with Crippen LogP contribution in [-0.4, -0.2) is 70.6 Å². The first kappa shape index (κ1) is 28.8. The summed E-state index contributed by atoms with van der Waals surface area (Å²) >= 11 is 0. The van der Waals surface area contributed by atoms with Crippen LogP contribution in [-0.2, 0) is 11.9 Å². The van der Waals surface area contributed by atoms with Gasteiger partial charge in [-0.15, -0.1) is 0 Å². The molecule has 0 aliphatic carbocycles. The number of anilines is 4. The molecule has 2 aromatic carbocycles. The number of methoxy groups -OCH3 is 1. The molecule has 2 saturated heterocycles. The summed E-state index contributed by atoms with van der Waals surface area (Å²) in [5.74, 6) is -0.196. The van der Waals surface area contributed by atoms with Gasteiger partial charge in [-0.25, -0.2) is 23.8 Å². The molecule has 0 saturated carbocycles. The molecule has 10 nitrogen and oxygen atoms in total. The first-order chi connectivity index (χ1) is 20.8. The molecule has 1 atom stereocenters. The third kappa shape index (κ3) is 5.84. The largest absolute Gasteiger partial charge is 0.494 e. The number of hydrogen-bond acceptors (Lipinski definition) is 9. The summed E-state index contributed by atoms with van der Waals surface area (Å²) in [4.78, 5) is 19.5. The van der Waals surface area contributed by atoms with Crippen molar-refractivity contribution in [2.75, 3.05) is 55.2 Å². The van der Waals surface area contributed by atoms with Crippen molar-refractivity contribution in [2.24, 2.45) is 7.05 Å². The van der Waals surface area contributed by atoms with E-state index in [-0.39, 0.29) is 5.56 Å². The molecular weight excluding hydrogens is 554 g/mol. The Morgan fingerprint density at radius 1 is 1.07 bits per heavy atom. The van der Waals surface area contributed by atoms with Gasteiger partial charge in [-0.2, -0.15) is 5.10 Å². The van der Waals surface area contributed by atoms with E-state index >= 15 is 0 Å². The van der Waals surface area contributed by atoms with Crippen molar-refractivity contribution in [1.82, 2.24) is 24.6 Å². The van der Waals surface area contributed by atoms with Gasteiger partial charge >= 0.3 is 0 Å². The molecule has 0 amide bonds. The predicted molar refractivity (Wildman–Crippen MR) is 162 cm³/mol. The highest BCUT2D eigenvalue weighted by atomic mass is 19.2. The van der Waals surface area contributed by atoms with Crippen LogP contribution in [0.3, 0.4) is 0 Å². The minimum Gasteiger partial charge on any atom is -0.494 e. The Hall–Kier alpha value is -4.29. The van der Waals surface area contributed by atoms with Crippen molar-refractivity contribution in [1.29, 1.82) is 0 Å². The number of piperazine rings is 1. The number of hydroxylamine groups is 1. The van der Waals surface area contributed by atoms with Crippen LogP contribution >= 0.6 is 0 Å². The molecule has 0 unspecified atom stereocenters. The number of aryl methyl sites for hydroxylation is 1. The highest BCUT2D eigenvalue weighted by Crippen LogP contribution is 2.41. The Morgan fingerprint density at radius 3 is 2.60 bits per heavy atom. The van der Waals surface area contributed by atoms with E-state index in [1.807, 2.05) is 19.4 Å². The number of rotatable bonds is 8. The van der Waals surface area contributed by atoms with Gasteiger partial charge in [0.2, 0.25) is 0 Å². The van der Waals surface area contributed by atoms with Crippen LogP contribution in [0.25, 0.3) is 11.1 Å². The topological polar surface area (TPSA) is 83.8 Å². The average Bonchev–Trinajstić information content (AvgIpc) is 3.68. The molecule has 2 aliphatic heterocycles. The molecule has 0 bridgehead atoms. The Kier molecular flexibility index (Phi) is 8.13. The van der Waals surface area contributed by atoms with E-state index in [2.05, 4.69) is 56.2 Å². The van der Waals surface area contributed by atoms with Crippen molar-refractivity contribution in [3.63, 3.8) is 0 Å². The minimum absolute atomic E-state index is 0.221. The van der Waals surface area contributed by atoms with Gasteiger partial charge in [0.25, 0.3) is 0 Å². The fourth-order valence-corrected chi connectivity index (χ4v) is 5.80. The summed E-state index contributed by atoms with van der Waals surface area (Å²) in [5, 5.41) is 9.32. The Morgan fingerprint density at radius 2 is 1.88 bits per heavy atom. The lowest BCUT2D eigenvalue weighted by Gasteiger charge is -2.39. The van der Waals surface area contributed by atoms with E-state index in [0.717, 1.165) is 49.1 Å². The molecule has 12 heteroatoms. The summed E-state index contributed by atoms with van der Waals surface area (Å²) in [6.45, 7) is 8.58. The van der Waals surface area contributed by atoms with Crippen molar-refractivity contribution in [3.05, 3.63) is 72.3 Å². The first-order valence-corrected chi connectivity index (χ1v) is 14.5. The highest BCUT2D eigenvalue weighted by molar-refractivity contribution is 5.85. The van der Waals surface area contributed by atoms with E-state index in [4.69, 9.17) is 9.57 Å². The van der Waals surface area contributed by atoms with E-state index in [1.54, 1.807) is 23.9 Å². The second kappa shape index (κ2) is 12.1. The van der Waals surface area contributed by atoms with Crippen LogP contribution in [0.15, 0.2) is 55.1 Å². The molecule has 2 fully saturated rings. The van der Waals surface area contributed by atoms with Crippen molar-refractivity contribution in [2.45, 2.75) is 32.4 Å². The van der Waals surface area contributed by atoms with Crippen molar-refractivity contribution < 1.29 is 18.4 Å². The molecule has 2 aliphatic rings. The normalized spacial score (nSPS) is 17.6. The molecule has 4 heterocycles. The first-order valence-electron chi connectivity index (χ1n) is 14.5. The van der Waals surface area contributed by atoms with E-state index in [0.29, 0.717) is 42.1 Å². The number of aromatic nitrogens is 4. The number of benzene rings is 2. The zero-order chi connectivity index (χ0) is 30.1. The quantitative estimate of drug-likeness (QED) is 0.293. The van der Waals surface area contributed by atoms with Gasteiger partial charge in [0, 0.05) is 86.4 Å². The smallest absolute Gasteiger partial charge is 0.164 e. The second-order valence-electron chi connectivity index (χ2n) is 11.1. The standard InChI is InChI=1S/C31H36F2N8O2/c1-20(2)39-9-11-40(12-10-39)27-15-28(42-4)25(14-23(27)21-17-36-38(3)18-21)37-29-16-30(35-19-34-29)41-26(8-13-43-41)22-6-5-7-24(32)31(22)33/h5-7,14-20,26H,8-13H2,1-4H3,(H,34,35,37)/t26-/m1/s1. The van der Waals surface area contributed by atoms with Gasteiger partial charge in [0.05, 0.1) is 31.6 Å². The lowest BCUT2D eigenvalue weighted by molar-refractivity contribution is 0.156. The second-order valence-corrected chi connectivity index (χ2v) is 11.1. The van der Waals surface area contributed by atoms with Gasteiger partial charge in [-0.1, -0.05) is 12.1 Å². The third-order valence-electron chi connectivity index (χ3n) is 8.11. The van der Waals surface area contributed by atoms with Crippen LogP contribution in [0.2, 0.25) is 0 Å². The molecule has 0 radical (unpaired) electrons. The van der Waals surface area contributed by atoms with Crippen LogP contribution < -0.4 is 20.0 Å². The SMILES string of the molecule is COc1cc(N2CCN(C(C)C)CC2)c(-c2cnn(C)c2)cc1Nc1cc(N2OCC[C@@H]2c2cccc(F)c2F)ncn1. The van der Waals surface area contributed by atoms with Gasteiger partial charge in [-0.05, 0) is 26.0 Å². The highest BCUT2D eigenvalue weighted by Gasteiger charge is 2.32. The third-order valence-corrected chi connectivity index (χ3v) is 8.11. The maximum Gasteiger partial charge on any atom is 0.164 e. The molecule has 43 heavy (non-hydrogen) atoms. The van der Waals surface area contributed by atoms with Crippen molar-refractivity contribution in [3.8, 4) is 16.9 Å². The summed E-state index contributed by atoms with van der Waals surface area (Å²) in [7, 11) is 3.55. The summed E-state index contributed by atoms with van der Waals surface area (Å²) in [6, 6.07) is 9.99. The Labute approximate surface area is 249 Å². The van der Waals surface area contributed by atoms with Gasteiger partial charge in [-0.3, -0.25) is 14.4 Å². The number of ether oxygens (including phenoxy) is 1. The maximum atomic E-state index is 14.7. The predicted octanol–water partition coefficient (Wildman–Crippen LogP) is 5.32.